The van der Waals surface area contributed by atoms with Crippen molar-refractivity contribution >= 4 is 59.1 Å². The van der Waals surface area contributed by atoms with E-state index >= 15 is 0 Å². The summed E-state index contributed by atoms with van der Waals surface area (Å²) >= 11 is 0. The predicted octanol–water partition coefficient (Wildman–Crippen LogP) is -4.47. The molecule has 0 N–H and O–H groups in total. The first-order valence-electron chi connectivity index (χ1n) is 0.577. The molecule has 2 radical (unpaired) electrons. The normalized spacial score (nSPS) is 2.00. The van der Waals surface area contributed by atoms with Gasteiger partial charge < -0.3 is 0 Å². The van der Waals surface area contributed by atoms with Crippen LogP contribution < -0.4 is 0 Å². The summed E-state index contributed by atoms with van der Waals surface area (Å²) in [4.78, 5) is 0. The summed E-state index contributed by atoms with van der Waals surface area (Å²) in [5, 5.41) is 0. The van der Waals surface area contributed by atoms with Crippen LogP contribution in [0, 0.1) is 0 Å². The van der Waals surface area contributed by atoms with E-state index < -0.39 is 0 Å². The summed E-state index contributed by atoms with van der Waals surface area (Å²) in [6.07, 6.45) is 0. The van der Waals surface area contributed by atoms with E-state index in [2.05, 4.69) is 7.44 Å². The molecule has 0 heterocycles. The molecule has 0 aromatic carbocycles. The van der Waals surface area contributed by atoms with Crippen molar-refractivity contribution in [2.24, 2.45) is 0 Å². The van der Waals surface area contributed by atoms with Crippen molar-refractivity contribution in [3.05, 3.63) is 0 Å². The van der Waals surface area contributed by atoms with E-state index in [1.54, 1.807) is 0 Å². The van der Waals surface area contributed by atoms with Crippen LogP contribution in [0.4, 0.5) is 0 Å². The van der Waals surface area contributed by atoms with Gasteiger partial charge in [-0.25, -0.2) is 0 Å². The third-order valence-corrected chi connectivity index (χ3v) is 0. The van der Waals surface area contributed by atoms with Crippen LogP contribution in [0.5, 0.6) is 0 Å². The molecule has 0 amide bonds. The van der Waals surface area contributed by atoms with Crippen molar-refractivity contribution in [1.29, 1.82) is 0 Å². The first kappa shape index (κ1) is 17.5. The fraction of sp³-hybridized carbons (Fsp3) is 0. The average Bonchev–Trinajstić information content (AvgIpc) is 1.00. The number of hydrogen-bond donors (Lipinski definition) is 0. The maximum absolute atomic E-state index is 4.64. The molecule has 0 aliphatic carbocycles. The van der Waals surface area contributed by atoms with Gasteiger partial charge in [-0.1, -0.05) is 0 Å². The van der Waals surface area contributed by atoms with Gasteiger partial charge in [-0.2, -0.15) is 0 Å². The van der Waals surface area contributed by atoms with Crippen LogP contribution in [0.1, 0.15) is 0 Å². The number of rotatable bonds is 0. The fourth-order valence-electron chi connectivity index (χ4n) is 0. The minimum absolute atomic E-state index is 0. The van der Waals surface area contributed by atoms with Crippen LogP contribution in [0.2, 0.25) is 0 Å². The quantitative estimate of drug-likeness (QED) is 0.375. The Bertz CT molecular complexity index is 8.00. The van der Waals surface area contributed by atoms with Crippen molar-refractivity contribution in [3.63, 3.8) is 0 Å². The Morgan fingerprint density at radius 2 is 1.25 bits per heavy atom. The molecule has 0 unspecified atom stereocenters. The molecule has 4 heteroatoms. The standard InChI is InChI=1S/BH3Si.GeH4.Sn.4H/c1-2;;;;;;/h2H3;1H4;;;;;. The maximum atomic E-state index is 4.64. The van der Waals surface area contributed by atoms with Gasteiger partial charge in [0, 0.05) is 7.44 Å². The van der Waals surface area contributed by atoms with Crippen LogP contribution >= 0.6 is 0 Å². The van der Waals surface area contributed by atoms with Crippen LogP contribution in [0.3, 0.4) is 0 Å². The molecule has 0 spiro atoms. The summed E-state index contributed by atoms with van der Waals surface area (Å²) < 4.78 is 0. The Labute approximate surface area is 58.8 Å². The first-order chi connectivity index (χ1) is 1.00. The second-order valence-corrected chi connectivity index (χ2v) is 0. The van der Waals surface area contributed by atoms with Gasteiger partial charge >= 0.3 is 41.5 Å². The molecular weight excluding hydrogens is 230 g/mol. The Balaban J connectivity index is -0.00000000500. The molecule has 0 aliphatic heterocycles. The zero-order valence-electron chi connectivity index (χ0n) is 1.58. The summed E-state index contributed by atoms with van der Waals surface area (Å²) in [6.45, 7) is 0. The molecule has 4 heavy (non-hydrogen) atoms. The monoisotopic (exact) mass is 244 g/mol. The molecule has 0 fully saturated rings. The van der Waals surface area contributed by atoms with Crippen molar-refractivity contribution in [2.45, 2.75) is 0 Å². The van der Waals surface area contributed by atoms with Crippen LogP contribution in [-0.4, -0.2) is 59.1 Å². The van der Waals surface area contributed by atoms with E-state index in [-0.39, 0.29) is 41.5 Å². The van der Waals surface area contributed by atoms with Crippen LogP contribution in [0.15, 0.2) is 0 Å². The Hall–Kier alpha value is 1.62. The molecule has 0 aromatic heterocycles. The SMILES string of the molecule is [B][SiH3].[GeH4].[SnH4]. The van der Waals surface area contributed by atoms with Gasteiger partial charge in [0.2, 0.25) is 0 Å². The fourth-order valence-corrected chi connectivity index (χ4v) is 0. The summed E-state index contributed by atoms with van der Waals surface area (Å²) in [7, 11) is 5.44. The Morgan fingerprint density at radius 1 is 1.25 bits per heavy atom. The van der Waals surface area contributed by atoms with Gasteiger partial charge in [-0.15, -0.1) is 0 Å². The van der Waals surface area contributed by atoms with E-state index in [4.69, 9.17) is 0 Å². The van der Waals surface area contributed by atoms with E-state index in [0.29, 0.717) is 0 Å². The van der Waals surface area contributed by atoms with Gasteiger partial charge in [0.05, 0.1) is 0 Å². The van der Waals surface area contributed by atoms with E-state index in [1.165, 1.54) is 0 Å². The zero-order chi connectivity index (χ0) is 2.00. The second-order valence-electron chi connectivity index (χ2n) is 0. The van der Waals surface area contributed by atoms with Gasteiger partial charge in [-0.05, 0) is 10.1 Å². The average molecular weight is 241 g/mol. The minimum atomic E-state index is 0. The van der Waals surface area contributed by atoms with Gasteiger partial charge in [0.25, 0.3) is 0 Å². The second kappa shape index (κ2) is 23.0. The third kappa shape index (κ3) is 9.46. The molecular formula is H11BGeSiSn. The van der Waals surface area contributed by atoms with Gasteiger partial charge in [0.15, 0.2) is 0 Å². The van der Waals surface area contributed by atoms with Gasteiger partial charge in [0.1, 0.15) is 0 Å². The molecule has 0 saturated carbocycles. The molecule has 0 bridgehead atoms. The van der Waals surface area contributed by atoms with E-state index in [1.807, 2.05) is 0 Å². The topological polar surface area (TPSA) is 0 Å². The van der Waals surface area contributed by atoms with E-state index in [9.17, 15) is 0 Å². The molecule has 0 saturated heterocycles. The van der Waals surface area contributed by atoms with Gasteiger partial charge in [-0.3, -0.25) is 0 Å². The van der Waals surface area contributed by atoms with Crippen molar-refractivity contribution in [1.82, 2.24) is 0 Å². The van der Waals surface area contributed by atoms with Crippen molar-refractivity contribution < 1.29 is 0 Å². The van der Waals surface area contributed by atoms with Crippen LogP contribution in [-0.2, 0) is 0 Å². The Kier molecular flexibility index (Phi) is 101. The third-order valence-electron chi connectivity index (χ3n) is 0. The molecule has 0 nitrogen and oxygen atoms in total. The molecule has 26 valence electrons. The Morgan fingerprint density at radius 3 is 1.25 bits per heavy atom. The molecule has 0 aliphatic rings. The molecule has 0 aromatic rings. The zero-order valence-corrected chi connectivity index (χ0v) is 3.58. The van der Waals surface area contributed by atoms with Crippen LogP contribution in [0.25, 0.3) is 0 Å². The summed E-state index contributed by atoms with van der Waals surface area (Å²) in [5.41, 5.74) is 0. The summed E-state index contributed by atoms with van der Waals surface area (Å²) in [6, 6.07) is 0. The molecule has 0 rings (SSSR count). The molecule has 0 atom stereocenters. The van der Waals surface area contributed by atoms with Crippen molar-refractivity contribution in [3.8, 4) is 0 Å². The summed E-state index contributed by atoms with van der Waals surface area (Å²) in [5.74, 6) is 0. The first-order valence-corrected chi connectivity index (χ1v) is 1.73. The predicted molar refractivity (Wildman–Crippen MR) is 38.4 cm³/mol. The van der Waals surface area contributed by atoms with E-state index in [0.717, 1.165) is 10.1 Å². The van der Waals surface area contributed by atoms with Crippen molar-refractivity contribution in [2.75, 3.05) is 0 Å². The number of hydrogen-bond acceptors (Lipinski definition) is 0.